The maximum atomic E-state index is 4.82. The Morgan fingerprint density at radius 1 is 1.27 bits per heavy atom. The number of rotatable bonds is 7. The fourth-order valence-corrected chi connectivity index (χ4v) is 2.98. The molecule has 0 amide bonds. The van der Waals surface area contributed by atoms with Crippen molar-refractivity contribution in [3.05, 3.63) is 35.4 Å². The second kappa shape index (κ2) is 9.65. The van der Waals surface area contributed by atoms with Gasteiger partial charge >= 0.3 is 0 Å². The molecule has 1 aromatic rings. The summed E-state index contributed by atoms with van der Waals surface area (Å²) in [5, 5.41) is 6.74. The number of aryl methyl sites for hydroxylation is 1. The Hall–Kier alpha value is -0.430. The van der Waals surface area contributed by atoms with Crippen molar-refractivity contribution >= 4 is 41.7 Å². The summed E-state index contributed by atoms with van der Waals surface area (Å²) in [6.45, 7) is 7.07. The van der Waals surface area contributed by atoms with E-state index in [4.69, 9.17) is 4.99 Å². The standard InChI is InChI=1S/C17H27N3S.HI/c1-4-18-16(19-11-12-21-3)20-13-17(9-10-17)15-8-6-5-7-14(15)2;/h5-8H,4,9-13H2,1-3H3,(H2,18,19,20);1H. The van der Waals surface area contributed by atoms with Crippen LogP contribution in [0.4, 0.5) is 0 Å². The third-order valence-corrected chi connectivity index (χ3v) is 4.67. The summed E-state index contributed by atoms with van der Waals surface area (Å²) in [4.78, 5) is 4.82. The molecule has 0 bridgehead atoms. The highest BCUT2D eigenvalue weighted by Gasteiger charge is 2.44. The monoisotopic (exact) mass is 433 g/mol. The van der Waals surface area contributed by atoms with Crippen molar-refractivity contribution in [1.29, 1.82) is 0 Å². The third-order valence-electron chi connectivity index (χ3n) is 4.05. The van der Waals surface area contributed by atoms with Crippen molar-refractivity contribution in [2.45, 2.75) is 32.1 Å². The van der Waals surface area contributed by atoms with E-state index in [1.807, 2.05) is 11.8 Å². The van der Waals surface area contributed by atoms with Crippen molar-refractivity contribution in [1.82, 2.24) is 10.6 Å². The van der Waals surface area contributed by atoms with Crippen LogP contribution in [-0.2, 0) is 5.41 Å². The fourth-order valence-electron chi connectivity index (χ4n) is 2.68. The number of aliphatic imine (C=N–C) groups is 1. The molecule has 124 valence electrons. The van der Waals surface area contributed by atoms with Crippen LogP contribution in [0.1, 0.15) is 30.9 Å². The van der Waals surface area contributed by atoms with Crippen LogP contribution in [0.15, 0.2) is 29.3 Å². The van der Waals surface area contributed by atoms with Gasteiger partial charge in [0.1, 0.15) is 0 Å². The summed E-state index contributed by atoms with van der Waals surface area (Å²) in [6, 6.07) is 8.74. The first kappa shape index (κ1) is 19.6. The number of hydrogen-bond donors (Lipinski definition) is 2. The molecule has 2 N–H and O–H groups in total. The van der Waals surface area contributed by atoms with Gasteiger partial charge in [0.15, 0.2) is 5.96 Å². The Morgan fingerprint density at radius 3 is 2.59 bits per heavy atom. The van der Waals surface area contributed by atoms with Crippen LogP contribution in [0, 0.1) is 6.92 Å². The molecule has 3 nitrogen and oxygen atoms in total. The van der Waals surface area contributed by atoms with Crippen LogP contribution in [0.25, 0.3) is 0 Å². The normalized spacial score (nSPS) is 15.9. The maximum absolute atomic E-state index is 4.82. The van der Waals surface area contributed by atoms with Gasteiger partial charge in [-0.25, -0.2) is 0 Å². The lowest BCUT2D eigenvalue weighted by Gasteiger charge is -2.17. The first-order valence-corrected chi connectivity index (χ1v) is 9.18. The highest BCUT2D eigenvalue weighted by Crippen LogP contribution is 2.49. The first-order valence-electron chi connectivity index (χ1n) is 7.79. The molecule has 5 heteroatoms. The van der Waals surface area contributed by atoms with Gasteiger partial charge in [0.25, 0.3) is 0 Å². The zero-order valence-corrected chi connectivity index (χ0v) is 17.0. The highest BCUT2D eigenvalue weighted by atomic mass is 127. The van der Waals surface area contributed by atoms with Crippen LogP contribution < -0.4 is 10.6 Å². The van der Waals surface area contributed by atoms with Gasteiger partial charge in [-0.3, -0.25) is 4.99 Å². The van der Waals surface area contributed by atoms with Gasteiger partial charge in [0.05, 0.1) is 6.54 Å². The van der Waals surface area contributed by atoms with Gasteiger partial charge in [-0.2, -0.15) is 11.8 Å². The van der Waals surface area contributed by atoms with E-state index in [2.05, 4.69) is 55.0 Å². The average Bonchev–Trinajstić information content (AvgIpc) is 3.26. The Morgan fingerprint density at radius 2 is 2.00 bits per heavy atom. The summed E-state index contributed by atoms with van der Waals surface area (Å²) in [5.41, 5.74) is 3.16. The SMILES string of the molecule is CCNC(=NCC1(c2ccccc2C)CC1)NCCSC.I. The second-order valence-corrected chi connectivity index (χ2v) is 6.70. The van der Waals surface area contributed by atoms with E-state index in [9.17, 15) is 0 Å². The van der Waals surface area contributed by atoms with Crippen LogP contribution in [0.5, 0.6) is 0 Å². The highest BCUT2D eigenvalue weighted by molar-refractivity contribution is 14.0. The van der Waals surface area contributed by atoms with Crippen molar-refractivity contribution in [2.75, 3.05) is 31.6 Å². The number of thioether (sulfide) groups is 1. The molecule has 1 fully saturated rings. The summed E-state index contributed by atoms with van der Waals surface area (Å²) >= 11 is 1.85. The molecule has 0 radical (unpaired) electrons. The zero-order chi connectivity index (χ0) is 15.1. The van der Waals surface area contributed by atoms with Gasteiger partial charge in [-0.05, 0) is 44.1 Å². The van der Waals surface area contributed by atoms with Crippen molar-refractivity contribution in [3.8, 4) is 0 Å². The van der Waals surface area contributed by atoms with Gasteiger partial charge < -0.3 is 10.6 Å². The smallest absolute Gasteiger partial charge is 0.191 e. The van der Waals surface area contributed by atoms with Crippen LogP contribution in [-0.4, -0.2) is 37.6 Å². The predicted octanol–water partition coefficient (Wildman–Crippen LogP) is 3.56. The van der Waals surface area contributed by atoms with E-state index in [1.165, 1.54) is 24.0 Å². The van der Waals surface area contributed by atoms with Crippen molar-refractivity contribution < 1.29 is 0 Å². The number of hydrogen-bond acceptors (Lipinski definition) is 2. The Balaban J connectivity index is 0.00000242. The lowest BCUT2D eigenvalue weighted by atomic mass is 9.92. The maximum Gasteiger partial charge on any atom is 0.191 e. The molecular weight excluding hydrogens is 405 g/mol. The summed E-state index contributed by atoms with van der Waals surface area (Å²) in [5.74, 6) is 2.05. The molecule has 0 atom stereocenters. The quantitative estimate of drug-likeness (QED) is 0.299. The molecule has 0 heterocycles. The zero-order valence-electron chi connectivity index (χ0n) is 13.8. The Bertz CT molecular complexity index is 487. The third kappa shape index (κ3) is 5.33. The lowest BCUT2D eigenvalue weighted by molar-refractivity contribution is 0.690. The van der Waals surface area contributed by atoms with Gasteiger partial charge in [-0.1, -0.05) is 24.3 Å². The molecule has 1 aromatic carbocycles. The molecule has 22 heavy (non-hydrogen) atoms. The van der Waals surface area contributed by atoms with Crippen LogP contribution >= 0.6 is 35.7 Å². The molecule has 0 aromatic heterocycles. The molecule has 1 aliphatic carbocycles. The van der Waals surface area contributed by atoms with E-state index in [0.29, 0.717) is 0 Å². The van der Waals surface area contributed by atoms with E-state index >= 15 is 0 Å². The van der Waals surface area contributed by atoms with E-state index in [-0.39, 0.29) is 29.4 Å². The number of benzene rings is 1. The minimum atomic E-state index is 0. The first-order chi connectivity index (χ1) is 10.2. The van der Waals surface area contributed by atoms with Gasteiger partial charge in [-0.15, -0.1) is 24.0 Å². The summed E-state index contributed by atoms with van der Waals surface area (Å²) in [7, 11) is 0. The molecule has 0 spiro atoms. The number of nitrogens with one attached hydrogen (secondary N) is 2. The topological polar surface area (TPSA) is 36.4 Å². The van der Waals surface area contributed by atoms with Crippen LogP contribution in [0.2, 0.25) is 0 Å². The molecule has 1 aliphatic rings. The minimum absolute atomic E-state index is 0. The van der Waals surface area contributed by atoms with Gasteiger partial charge in [0, 0.05) is 24.3 Å². The number of nitrogens with zero attached hydrogens (tertiary/aromatic N) is 1. The van der Waals surface area contributed by atoms with E-state index in [1.54, 1.807) is 0 Å². The predicted molar refractivity (Wildman–Crippen MR) is 110 cm³/mol. The van der Waals surface area contributed by atoms with Gasteiger partial charge in [0.2, 0.25) is 0 Å². The van der Waals surface area contributed by atoms with E-state index < -0.39 is 0 Å². The number of guanidine groups is 1. The molecule has 0 unspecified atom stereocenters. The Labute approximate surface area is 156 Å². The molecule has 2 rings (SSSR count). The summed E-state index contributed by atoms with van der Waals surface area (Å²) < 4.78 is 0. The average molecular weight is 433 g/mol. The second-order valence-electron chi connectivity index (χ2n) is 5.71. The fraction of sp³-hybridized carbons (Fsp3) is 0.588. The lowest BCUT2D eigenvalue weighted by Crippen LogP contribution is -2.39. The summed E-state index contributed by atoms with van der Waals surface area (Å²) in [6.07, 6.45) is 4.64. The molecular formula is C17H28IN3S. The minimum Gasteiger partial charge on any atom is -0.357 e. The van der Waals surface area contributed by atoms with Crippen molar-refractivity contribution in [2.24, 2.45) is 4.99 Å². The molecule has 0 saturated heterocycles. The molecule has 0 aliphatic heterocycles. The van der Waals surface area contributed by atoms with E-state index in [0.717, 1.165) is 31.3 Å². The largest absolute Gasteiger partial charge is 0.357 e. The van der Waals surface area contributed by atoms with Crippen LogP contribution in [0.3, 0.4) is 0 Å². The number of halogens is 1. The van der Waals surface area contributed by atoms with Crippen molar-refractivity contribution in [3.63, 3.8) is 0 Å². The Kier molecular flexibility index (Phi) is 8.61. The molecule has 1 saturated carbocycles.